The lowest BCUT2D eigenvalue weighted by Gasteiger charge is -2.33. The van der Waals surface area contributed by atoms with Crippen LogP contribution in [0.5, 0.6) is 0 Å². The summed E-state index contributed by atoms with van der Waals surface area (Å²) in [4.78, 5) is 25.0. The summed E-state index contributed by atoms with van der Waals surface area (Å²) in [6.07, 6.45) is 1.51. The average molecular weight is 418 g/mol. The number of hydrogen-bond acceptors (Lipinski definition) is 6. The number of pyridine rings is 1. The number of aromatic nitrogens is 3. The topological polar surface area (TPSA) is 75.4 Å². The van der Waals surface area contributed by atoms with E-state index in [-0.39, 0.29) is 5.91 Å². The molecule has 1 saturated heterocycles. The van der Waals surface area contributed by atoms with Crippen molar-refractivity contribution in [1.82, 2.24) is 24.9 Å². The molecule has 28 heavy (non-hydrogen) atoms. The van der Waals surface area contributed by atoms with Gasteiger partial charge in [0.15, 0.2) is 0 Å². The van der Waals surface area contributed by atoms with Gasteiger partial charge in [-0.3, -0.25) is 9.69 Å². The third-order valence-corrected chi connectivity index (χ3v) is 5.04. The van der Waals surface area contributed by atoms with Crippen LogP contribution < -0.4 is 0 Å². The van der Waals surface area contributed by atoms with Crippen LogP contribution in [-0.4, -0.2) is 57.0 Å². The molecular formula is C19H17Cl2N5O2. The summed E-state index contributed by atoms with van der Waals surface area (Å²) in [7, 11) is 0. The highest BCUT2D eigenvalue weighted by molar-refractivity contribution is 6.30. The van der Waals surface area contributed by atoms with Crippen molar-refractivity contribution in [3.8, 4) is 11.4 Å². The number of carbonyl (C=O) groups excluding carboxylic acids is 1. The normalized spacial score (nSPS) is 15.0. The van der Waals surface area contributed by atoms with E-state index in [0.717, 1.165) is 18.7 Å². The molecule has 0 unspecified atom stereocenters. The smallest absolute Gasteiger partial charge is 0.255 e. The zero-order valence-corrected chi connectivity index (χ0v) is 16.4. The molecular weight excluding hydrogens is 401 g/mol. The van der Waals surface area contributed by atoms with Gasteiger partial charge in [-0.25, -0.2) is 4.98 Å². The van der Waals surface area contributed by atoms with E-state index in [9.17, 15) is 4.79 Å². The van der Waals surface area contributed by atoms with Gasteiger partial charge < -0.3 is 9.42 Å². The van der Waals surface area contributed by atoms with Crippen LogP contribution in [0.15, 0.2) is 47.1 Å². The second kappa shape index (κ2) is 8.26. The molecule has 0 atom stereocenters. The molecule has 0 bridgehead atoms. The van der Waals surface area contributed by atoms with Gasteiger partial charge in [-0.15, -0.1) is 0 Å². The second-order valence-corrected chi connectivity index (χ2v) is 7.28. The van der Waals surface area contributed by atoms with E-state index >= 15 is 0 Å². The van der Waals surface area contributed by atoms with Crippen LogP contribution in [0.2, 0.25) is 10.2 Å². The van der Waals surface area contributed by atoms with E-state index in [1.807, 2.05) is 17.0 Å². The SMILES string of the molecule is O=C(c1ccc(Cl)nc1)N1CCN(Cc2nc(-c3ccc(Cl)cc3)no2)CC1. The molecule has 0 saturated carbocycles. The quantitative estimate of drug-likeness (QED) is 0.605. The van der Waals surface area contributed by atoms with Gasteiger partial charge in [0.2, 0.25) is 11.7 Å². The summed E-state index contributed by atoms with van der Waals surface area (Å²) in [6, 6.07) is 10.6. The number of nitrogens with zero attached hydrogens (tertiary/aromatic N) is 5. The molecule has 1 aliphatic heterocycles. The van der Waals surface area contributed by atoms with Crippen molar-refractivity contribution in [3.63, 3.8) is 0 Å². The standard InChI is InChI=1S/C19H17Cl2N5O2/c20-15-4-1-13(2-5-15)18-23-17(28-24-18)12-25-7-9-26(10-8-25)19(27)14-3-6-16(21)22-11-14/h1-6,11H,7-10,12H2. The molecule has 144 valence electrons. The van der Waals surface area contributed by atoms with Crippen molar-refractivity contribution < 1.29 is 9.32 Å². The van der Waals surface area contributed by atoms with Gasteiger partial charge in [-0.2, -0.15) is 4.98 Å². The summed E-state index contributed by atoms with van der Waals surface area (Å²) in [5, 5.41) is 5.07. The van der Waals surface area contributed by atoms with Gasteiger partial charge in [0.1, 0.15) is 5.15 Å². The van der Waals surface area contributed by atoms with Crippen LogP contribution in [0, 0.1) is 0 Å². The maximum atomic E-state index is 12.5. The molecule has 1 aromatic carbocycles. The molecule has 1 amide bonds. The molecule has 1 aliphatic rings. The Morgan fingerprint density at radius 1 is 1.04 bits per heavy atom. The Hall–Kier alpha value is -2.48. The lowest BCUT2D eigenvalue weighted by Crippen LogP contribution is -2.48. The minimum atomic E-state index is -0.0355. The van der Waals surface area contributed by atoms with Crippen LogP contribution in [0.4, 0.5) is 0 Å². The van der Waals surface area contributed by atoms with Crippen molar-refractivity contribution in [2.75, 3.05) is 26.2 Å². The number of halogens is 2. The lowest BCUT2D eigenvalue weighted by atomic mass is 10.2. The molecule has 0 aliphatic carbocycles. The highest BCUT2D eigenvalue weighted by Gasteiger charge is 2.23. The number of hydrogen-bond donors (Lipinski definition) is 0. The van der Waals surface area contributed by atoms with E-state index < -0.39 is 0 Å². The third-order valence-electron chi connectivity index (χ3n) is 4.56. The van der Waals surface area contributed by atoms with Gasteiger partial charge in [0.05, 0.1) is 12.1 Å². The first kappa shape index (κ1) is 18.9. The molecule has 2 aromatic heterocycles. The van der Waals surface area contributed by atoms with Gasteiger partial charge in [0.25, 0.3) is 5.91 Å². The predicted molar refractivity (Wildman–Crippen MR) is 105 cm³/mol. The molecule has 3 aromatic rings. The van der Waals surface area contributed by atoms with E-state index in [1.54, 1.807) is 24.3 Å². The molecule has 4 rings (SSSR count). The summed E-state index contributed by atoms with van der Waals surface area (Å²) in [5.41, 5.74) is 1.40. The predicted octanol–water partition coefficient (Wildman–Crippen LogP) is 3.40. The third kappa shape index (κ3) is 4.32. The zero-order valence-electron chi connectivity index (χ0n) is 14.9. The van der Waals surface area contributed by atoms with Crippen LogP contribution >= 0.6 is 23.2 Å². The zero-order chi connectivity index (χ0) is 19.5. The fraction of sp³-hybridized carbons (Fsp3) is 0.263. The van der Waals surface area contributed by atoms with E-state index in [2.05, 4.69) is 20.0 Å². The maximum absolute atomic E-state index is 12.5. The number of piperazine rings is 1. The Morgan fingerprint density at radius 3 is 2.46 bits per heavy atom. The van der Waals surface area contributed by atoms with E-state index in [4.69, 9.17) is 27.7 Å². The number of carbonyl (C=O) groups is 1. The first-order chi connectivity index (χ1) is 13.6. The van der Waals surface area contributed by atoms with Crippen LogP contribution in [0.1, 0.15) is 16.2 Å². The summed E-state index contributed by atoms with van der Waals surface area (Å²) < 4.78 is 5.37. The largest absolute Gasteiger partial charge is 0.338 e. The van der Waals surface area contributed by atoms with Crippen LogP contribution in [0.25, 0.3) is 11.4 Å². The van der Waals surface area contributed by atoms with Gasteiger partial charge >= 0.3 is 0 Å². The van der Waals surface area contributed by atoms with Crippen molar-refractivity contribution in [3.05, 3.63) is 64.2 Å². The van der Waals surface area contributed by atoms with Crippen molar-refractivity contribution >= 4 is 29.1 Å². The lowest BCUT2D eigenvalue weighted by molar-refractivity contribution is 0.0614. The minimum absolute atomic E-state index is 0.0355. The molecule has 9 heteroatoms. The first-order valence-corrected chi connectivity index (χ1v) is 9.56. The molecule has 1 fully saturated rings. The summed E-state index contributed by atoms with van der Waals surface area (Å²) in [5.74, 6) is 1.05. The second-order valence-electron chi connectivity index (χ2n) is 6.46. The molecule has 0 radical (unpaired) electrons. The highest BCUT2D eigenvalue weighted by Crippen LogP contribution is 2.19. The van der Waals surface area contributed by atoms with Gasteiger partial charge in [0, 0.05) is 43.0 Å². The Bertz CT molecular complexity index is 951. The summed E-state index contributed by atoms with van der Waals surface area (Å²) in [6.45, 7) is 3.25. The Balaban J connectivity index is 1.33. The monoisotopic (exact) mass is 417 g/mol. The average Bonchev–Trinajstić information content (AvgIpc) is 3.18. The Morgan fingerprint density at radius 2 is 1.79 bits per heavy atom. The van der Waals surface area contributed by atoms with Crippen LogP contribution in [-0.2, 0) is 6.54 Å². The van der Waals surface area contributed by atoms with Crippen molar-refractivity contribution in [2.45, 2.75) is 6.54 Å². The Kier molecular flexibility index (Phi) is 5.57. The number of benzene rings is 1. The van der Waals surface area contributed by atoms with Crippen molar-refractivity contribution in [2.24, 2.45) is 0 Å². The molecule has 0 N–H and O–H groups in total. The summed E-state index contributed by atoms with van der Waals surface area (Å²) >= 11 is 11.7. The number of rotatable bonds is 4. The molecule has 7 nitrogen and oxygen atoms in total. The fourth-order valence-electron chi connectivity index (χ4n) is 3.02. The van der Waals surface area contributed by atoms with E-state index in [1.165, 1.54) is 6.20 Å². The van der Waals surface area contributed by atoms with Gasteiger partial charge in [-0.1, -0.05) is 28.4 Å². The van der Waals surface area contributed by atoms with Crippen molar-refractivity contribution in [1.29, 1.82) is 0 Å². The molecule has 0 spiro atoms. The van der Waals surface area contributed by atoms with Crippen LogP contribution in [0.3, 0.4) is 0 Å². The fourth-order valence-corrected chi connectivity index (χ4v) is 3.26. The molecule has 3 heterocycles. The van der Waals surface area contributed by atoms with Gasteiger partial charge in [-0.05, 0) is 36.4 Å². The minimum Gasteiger partial charge on any atom is -0.338 e. The number of amides is 1. The maximum Gasteiger partial charge on any atom is 0.255 e. The first-order valence-electron chi connectivity index (χ1n) is 8.80. The highest BCUT2D eigenvalue weighted by atomic mass is 35.5. The van der Waals surface area contributed by atoms with E-state index in [0.29, 0.717) is 47.1 Å². The Labute approximate surface area is 171 Å².